The van der Waals surface area contributed by atoms with E-state index in [0.29, 0.717) is 0 Å². The molecular formula is C17H30N2O3Si. The molecule has 0 bridgehead atoms. The summed E-state index contributed by atoms with van der Waals surface area (Å²) in [7, 11) is 2.18. The van der Waals surface area contributed by atoms with E-state index in [9.17, 15) is 0 Å². The Morgan fingerprint density at radius 1 is 1.09 bits per heavy atom. The summed E-state index contributed by atoms with van der Waals surface area (Å²) >= 11 is 0. The third kappa shape index (κ3) is 5.24. The average Bonchev–Trinajstić information content (AvgIpc) is 2.61. The normalized spacial score (nSPS) is 15.9. The first-order valence-electron chi connectivity index (χ1n) is 7.91. The topological polar surface area (TPSA) is 51.8 Å². The lowest BCUT2D eigenvalue weighted by Gasteiger charge is -2.35. The molecule has 0 radical (unpaired) electrons. The monoisotopic (exact) mass is 338 g/mol. The lowest BCUT2D eigenvalue weighted by molar-refractivity contribution is 0.103. The molecule has 0 spiro atoms. The fourth-order valence-electron chi connectivity index (χ4n) is 2.73. The Bertz CT molecular complexity index is 446. The molecule has 0 aliphatic carbocycles. The Balaban J connectivity index is 2.76. The van der Waals surface area contributed by atoms with Crippen molar-refractivity contribution in [2.75, 3.05) is 21.3 Å². The maximum absolute atomic E-state index is 5.59. The van der Waals surface area contributed by atoms with Crippen molar-refractivity contribution in [2.24, 2.45) is 0 Å². The molecule has 0 fully saturated rings. The highest BCUT2D eigenvalue weighted by atomic mass is 28.4. The molecule has 1 rings (SSSR count). The van der Waals surface area contributed by atoms with Gasteiger partial charge in [-0.15, -0.1) is 6.58 Å². The number of rotatable bonds is 11. The molecule has 0 aliphatic heterocycles. The Hall–Kier alpha value is -1.02. The van der Waals surface area contributed by atoms with E-state index in [4.69, 9.17) is 13.3 Å². The molecule has 0 aliphatic rings. The van der Waals surface area contributed by atoms with Crippen molar-refractivity contribution in [1.82, 2.24) is 10.6 Å². The smallest absolute Gasteiger partial charge is 0.376 e. The first-order chi connectivity index (χ1) is 11.1. The minimum atomic E-state index is -2.73. The van der Waals surface area contributed by atoms with Gasteiger partial charge in [0.2, 0.25) is 0 Å². The Kier molecular flexibility index (Phi) is 8.68. The summed E-state index contributed by atoms with van der Waals surface area (Å²) in [4.78, 5) is 0. The number of nitrogens with one attached hydrogen (secondary N) is 2. The molecule has 5 nitrogen and oxygen atoms in total. The number of benzene rings is 1. The fourth-order valence-corrected chi connectivity index (χ4v) is 5.03. The summed E-state index contributed by atoms with van der Waals surface area (Å²) in [6, 6.07) is 10.3. The van der Waals surface area contributed by atoms with Crippen LogP contribution in [0.2, 0.25) is 0 Å². The van der Waals surface area contributed by atoms with Crippen LogP contribution in [-0.4, -0.2) is 42.0 Å². The van der Waals surface area contributed by atoms with E-state index in [0.717, 1.165) is 6.42 Å². The van der Waals surface area contributed by atoms with Crippen molar-refractivity contribution in [3.63, 3.8) is 0 Å². The quantitative estimate of drug-likeness (QED) is 0.369. The lowest BCUT2D eigenvalue weighted by atomic mass is 10.1. The van der Waals surface area contributed by atoms with Crippen LogP contribution in [-0.2, 0) is 13.3 Å². The van der Waals surface area contributed by atoms with Gasteiger partial charge in [-0.25, -0.2) is 0 Å². The fraction of sp³-hybridized carbons (Fsp3) is 0.529. The minimum Gasteiger partial charge on any atom is -0.376 e. The van der Waals surface area contributed by atoms with Gasteiger partial charge in [0, 0.05) is 21.3 Å². The van der Waals surface area contributed by atoms with Gasteiger partial charge in [-0.2, -0.15) is 0 Å². The second-order valence-corrected chi connectivity index (χ2v) is 8.48. The molecule has 3 atom stereocenters. The molecule has 0 amide bonds. The molecule has 130 valence electrons. The first kappa shape index (κ1) is 20.0. The highest BCUT2D eigenvalue weighted by Crippen LogP contribution is 2.17. The van der Waals surface area contributed by atoms with Crippen LogP contribution in [0.15, 0.2) is 43.0 Å². The SMILES string of the molecule is C=CC(NC(C)NC(CC)[Si](OC)(OC)OC)c1ccccc1. The zero-order valence-corrected chi connectivity index (χ0v) is 15.8. The van der Waals surface area contributed by atoms with E-state index >= 15 is 0 Å². The zero-order chi connectivity index (χ0) is 17.3. The number of hydrogen-bond acceptors (Lipinski definition) is 5. The van der Waals surface area contributed by atoms with Crippen molar-refractivity contribution in [3.05, 3.63) is 48.6 Å². The summed E-state index contributed by atoms with van der Waals surface area (Å²) < 4.78 is 16.8. The van der Waals surface area contributed by atoms with Gasteiger partial charge in [-0.1, -0.05) is 43.3 Å². The third-order valence-corrected chi connectivity index (χ3v) is 7.10. The summed E-state index contributed by atoms with van der Waals surface area (Å²) in [5.74, 6) is 0. The summed E-state index contributed by atoms with van der Waals surface area (Å²) in [5.41, 5.74) is 1.18. The van der Waals surface area contributed by atoms with Crippen LogP contribution in [0.4, 0.5) is 0 Å². The van der Waals surface area contributed by atoms with Crippen molar-refractivity contribution >= 4 is 8.80 Å². The molecule has 0 aromatic heterocycles. The van der Waals surface area contributed by atoms with Gasteiger partial charge in [-0.3, -0.25) is 10.6 Å². The van der Waals surface area contributed by atoms with Crippen LogP contribution in [0, 0.1) is 0 Å². The maximum atomic E-state index is 5.59. The highest BCUT2D eigenvalue weighted by Gasteiger charge is 2.46. The predicted octanol–water partition coefficient (Wildman–Crippen LogP) is 2.63. The highest BCUT2D eigenvalue weighted by molar-refractivity contribution is 6.62. The molecule has 23 heavy (non-hydrogen) atoms. The van der Waals surface area contributed by atoms with Crippen molar-refractivity contribution in [2.45, 2.75) is 38.1 Å². The van der Waals surface area contributed by atoms with E-state index in [2.05, 4.69) is 43.2 Å². The van der Waals surface area contributed by atoms with E-state index in [-0.39, 0.29) is 17.9 Å². The van der Waals surface area contributed by atoms with Crippen molar-refractivity contribution in [1.29, 1.82) is 0 Å². The maximum Gasteiger partial charge on any atom is 0.518 e. The van der Waals surface area contributed by atoms with Crippen LogP contribution >= 0.6 is 0 Å². The van der Waals surface area contributed by atoms with Gasteiger partial charge in [0.15, 0.2) is 0 Å². The van der Waals surface area contributed by atoms with Gasteiger partial charge >= 0.3 is 8.80 Å². The largest absolute Gasteiger partial charge is 0.518 e. The molecule has 1 aromatic carbocycles. The molecular weight excluding hydrogens is 308 g/mol. The van der Waals surface area contributed by atoms with Gasteiger partial charge in [0.05, 0.1) is 17.9 Å². The van der Waals surface area contributed by atoms with Gasteiger partial charge in [-0.05, 0) is 18.9 Å². The van der Waals surface area contributed by atoms with E-state index < -0.39 is 8.80 Å². The van der Waals surface area contributed by atoms with Gasteiger partial charge in [0.25, 0.3) is 0 Å². The molecule has 0 saturated carbocycles. The van der Waals surface area contributed by atoms with Crippen LogP contribution in [0.1, 0.15) is 31.9 Å². The average molecular weight is 339 g/mol. The van der Waals surface area contributed by atoms with E-state index in [1.807, 2.05) is 24.3 Å². The zero-order valence-electron chi connectivity index (χ0n) is 14.8. The van der Waals surface area contributed by atoms with Crippen LogP contribution in [0.25, 0.3) is 0 Å². The standard InChI is InChI=1S/C17H30N2O3Si/c1-7-16(15-12-10-9-11-13-15)18-14(3)19-17(8-2)23(20-4,21-5)22-6/h7,9-14,16-19H,1,8H2,2-6H3. The second-order valence-electron chi connectivity index (χ2n) is 5.36. The van der Waals surface area contributed by atoms with Gasteiger partial charge in [0.1, 0.15) is 0 Å². The third-order valence-electron chi connectivity index (χ3n) is 3.96. The van der Waals surface area contributed by atoms with Gasteiger partial charge < -0.3 is 13.3 Å². The lowest BCUT2D eigenvalue weighted by Crippen LogP contribution is -2.63. The molecule has 6 heteroatoms. The minimum absolute atomic E-state index is 0.00578. The summed E-state index contributed by atoms with van der Waals surface area (Å²) in [5, 5.41) is 7.04. The molecule has 0 heterocycles. The predicted molar refractivity (Wildman–Crippen MR) is 96.0 cm³/mol. The molecule has 0 saturated heterocycles. The Morgan fingerprint density at radius 3 is 2.09 bits per heavy atom. The van der Waals surface area contributed by atoms with Crippen LogP contribution in [0.5, 0.6) is 0 Å². The Labute approximate surface area is 141 Å². The summed E-state index contributed by atoms with van der Waals surface area (Å²) in [6.07, 6.45) is 2.79. The van der Waals surface area contributed by atoms with Crippen molar-refractivity contribution < 1.29 is 13.3 Å². The summed E-state index contributed by atoms with van der Waals surface area (Å²) in [6.45, 7) is 8.09. The molecule has 2 N–H and O–H groups in total. The Morgan fingerprint density at radius 2 is 1.65 bits per heavy atom. The molecule has 3 unspecified atom stereocenters. The first-order valence-corrected chi connectivity index (χ1v) is 9.72. The van der Waals surface area contributed by atoms with Crippen LogP contribution in [0.3, 0.4) is 0 Å². The van der Waals surface area contributed by atoms with E-state index in [1.165, 1.54) is 5.56 Å². The van der Waals surface area contributed by atoms with Crippen molar-refractivity contribution in [3.8, 4) is 0 Å². The number of hydrogen-bond donors (Lipinski definition) is 2. The van der Waals surface area contributed by atoms with E-state index in [1.54, 1.807) is 21.3 Å². The second kappa shape index (κ2) is 9.97. The van der Waals surface area contributed by atoms with Crippen LogP contribution < -0.4 is 10.6 Å². The molecule has 1 aromatic rings.